The lowest BCUT2D eigenvalue weighted by molar-refractivity contribution is 0.279. The van der Waals surface area contributed by atoms with Crippen LogP contribution in [0.4, 0.5) is 5.69 Å². The molecule has 0 spiro atoms. The van der Waals surface area contributed by atoms with E-state index in [0.29, 0.717) is 0 Å². The van der Waals surface area contributed by atoms with Crippen molar-refractivity contribution in [3.63, 3.8) is 0 Å². The Balaban J connectivity index is 0.000000770. The topological polar surface area (TPSA) is 119 Å². The fourth-order valence-corrected chi connectivity index (χ4v) is 2.70. The van der Waals surface area contributed by atoms with Crippen LogP contribution in [-0.4, -0.2) is 30.7 Å². The monoisotopic (exact) mass is 461 g/mol. The van der Waals surface area contributed by atoms with Crippen molar-refractivity contribution in [3.05, 3.63) is 78.9 Å². The van der Waals surface area contributed by atoms with Gasteiger partial charge < -0.3 is 15.2 Å². The zero-order valence-electron chi connectivity index (χ0n) is 17.1. The number of nitrogens with two attached hydrogens (primary N) is 1. The number of hydrogen-bond acceptors (Lipinski definition) is 5. The van der Waals surface area contributed by atoms with Crippen LogP contribution in [0.1, 0.15) is 26.7 Å². The third kappa shape index (κ3) is 11.9. The molecule has 0 amide bonds. The summed E-state index contributed by atoms with van der Waals surface area (Å²) in [7, 11) is -4.67. The summed E-state index contributed by atoms with van der Waals surface area (Å²) in [5, 5.41) is 0. The zero-order valence-corrected chi connectivity index (χ0v) is 17.9. The van der Waals surface area contributed by atoms with Crippen LogP contribution >= 0.6 is 0 Å². The van der Waals surface area contributed by atoms with Gasteiger partial charge in [-0.1, -0.05) is 49.9 Å². The highest BCUT2D eigenvalue weighted by Gasteiger charge is 1.99. The van der Waals surface area contributed by atoms with E-state index in [1.807, 2.05) is 42.5 Å². The van der Waals surface area contributed by atoms with Crippen LogP contribution in [0, 0.1) is 0 Å². The Morgan fingerprint density at radius 2 is 1.06 bits per heavy atom. The molecule has 0 heterocycles. The van der Waals surface area contributed by atoms with Crippen LogP contribution in [0.25, 0.3) is 11.1 Å². The maximum Gasteiger partial charge on any atom is 0.394 e. The number of hydrogen-bond donors (Lipinski definition) is 3. The van der Waals surface area contributed by atoms with Crippen molar-refractivity contribution in [2.75, 3.05) is 18.9 Å². The van der Waals surface area contributed by atoms with Gasteiger partial charge in [0.25, 0.3) is 0 Å². The Hall–Kier alpha value is -3.07. The number of unbranched alkanes of at least 4 members (excludes halogenated alkanes) is 2. The Labute approximate surface area is 190 Å². The van der Waals surface area contributed by atoms with Gasteiger partial charge in [0.2, 0.25) is 0 Å². The van der Waals surface area contributed by atoms with Gasteiger partial charge in [-0.05, 0) is 66.8 Å². The largest absolute Gasteiger partial charge is 0.494 e. The normalized spacial score (nSPS) is 10.3. The summed E-state index contributed by atoms with van der Waals surface area (Å²) in [4.78, 5) is 0. The van der Waals surface area contributed by atoms with E-state index in [1.54, 1.807) is 0 Å². The van der Waals surface area contributed by atoms with Crippen molar-refractivity contribution in [1.82, 2.24) is 0 Å². The van der Waals surface area contributed by atoms with Crippen LogP contribution in [0.2, 0.25) is 0 Å². The quantitative estimate of drug-likeness (QED) is 0.217. The summed E-state index contributed by atoms with van der Waals surface area (Å²) in [6.45, 7) is 1.45. The molecule has 3 aromatic carbocycles. The lowest BCUT2D eigenvalue weighted by Crippen LogP contribution is -2.01. The molecular formula is C24H31NO6S. The SMILES string of the molecule is C.Nc1ccc(OCCCCCOc2ccc(-c3ccccc3)cc2)cc1.O=S(=O)(O)O. The van der Waals surface area contributed by atoms with Gasteiger partial charge in [0.1, 0.15) is 11.5 Å². The average molecular weight is 462 g/mol. The highest BCUT2D eigenvalue weighted by Crippen LogP contribution is 2.22. The molecule has 32 heavy (non-hydrogen) atoms. The maximum atomic E-state index is 8.74. The molecule has 0 bridgehead atoms. The Kier molecular flexibility index (Phi) is 11.9. The van der Waals surface area contributed by atoms with Crippen molar-refractivity contribution in [2.24, 2.45) is 0 Å². The third-order valence-corrected chi connectivity index (χ3v) is 4.17. The van der Waals surface area contributed by atoms with Gasteiger partial charge in [0.05, 0.1) is 13.2 Å². The van der Waals surface area contributed by atoms with Gasteiger partial charge in [-0.15, -0.1) is 0 Å². The van der Waals surface area contributed by atoms with Crippen LogP contribution in [-0.2, 0) is 10.4 Å². The molecule has 0 aromatic heterocycles. The van der Waals surface area contributed by atoms with Crippen LogP contribution in [0.5, 0.6) is 11.5 Å². The number of rotatable bonds is 9. The minimum Gasteiger partial charge on any atom is -0.494 e. The molecule has 3 aromatic rings. The van der Waals surface area contributed by atoms with Gasteiger partial charge in [-0.2, -0.15) is 8.42 Å². The highest BCUT2D eigenvalue weighted by molar-refractivity contribution is 7.79. The van der Waals surface area contributed by atoms with E-state index in [9.17, 15) is 0 Å². The van der Waals surface area contributed by atoms with Gasteiger partial charge in [0.15, 0.2) is 0 Å². The van der Waals surface area contributed by atoms with Gasteiger partial charge in [-0.25, -0.2) is 0 Å². The van der Waals surface area contributed by atoms with Crippen molar-refractivity contribution in [3.8, 4) is 22.6 Å². The van der Waals surface area contributed by atoms with Crippen molar-refractivity contribution >= 4 is 16.1 Å². The minimum atomic E-state index is -4.67. The molecule has 8 heteroatoms. The first-order valence-corrected chi connectivity index (χ1v) is 11.2. The molecule has 0 fully saturated rings. The summed E-state index contributed by atoms with van der Waals surface area (Å²) in [5.41, 5.74) is 8.84. The number of benzene rings is 3. The second-order valence-corrected chi connectivity index (χ2v) is 7.56. The minimum absolute atomic E-state index is 0. The van der Waals surface area contributed by atoms with Crippen molar-refractivity contribution in [1.29, 1.82) is 0 Å². The van der Waals surface area contributed by atoms with E-state index in [0.717, 1.165) is 49.7 Å². The molecule has 0 saturated heterocycles. The third-order valence-electron chi connectivity index (χ3n) is 4.17. The molecule has 0 radical (unpaired) electrons. The van der Waals surface area contributed by atoms with Crippen LogP contribution < -0.4 is 15.2 Å². The fraction of sp³-hybridized carbons (Fsp3) is 0.250. The molecule has 0 saturated carbocycles. The predicted molar refractivity (Wildman–Crippen MR) is 128 cm³/mol. The lowest BCUT2D eigenvalue weighted by Gasteiger charge is -2.08. The van der Waals surface area contributed by atoms with Gasteiger partial charge in [0, 0.05) is 5.69 Å². The Bertz CT molecular complexity index is 983. The Morgan fingerprint density at radius 1 is 0.656 bits per heavy atom. The summed E-state index contributed by atoms with van der Waals surface area (Å²) in [6.07, 6.45) is 3.11. The van der Waals surface area contributed by atoms with Crippen LogP contribution in [0.15, 0.2) is 78.9 Å². The Morgan fingerprint density at radius 3 is 1.53 bits per heavy atom. The standard InChI is InChI=1S/C23H25NO2.CH4.H2O4S/c24-21-11-15-23(16-12-21)26-18-6-2-5-17-25-22-13-9-20(10-14-22)19-7-3-1-4-8-19;;1-5(2,3)4/h1,3-4,7-16H,2,5-6,17-18,24H2;1H4;(H2,1,2,3,4). The van der Waals surface area contributed by atoms with E-state index >= 15 is 0 Å². The molecule has 0 aliphatic rings. The maximum absolute atomic E-state index is 8.74. The summed E-state index contributed by atoms with van der Waals surface area (Å²) in [6, 6.07) is 26.1. The molecule has 0 aliphatic carbocycles. The molecular weight excluding hydrogens is 430 g/mol. The molecule has 174 valence electrons. The summed E-state index contributed by atoms with van der Waals surface area (Å²) < 4.78 is 43.1. The molecule has 0 aliphatic heterocycles. The van der Waals surface area contributed by atoms with Gasteiger partial charge in [-0.3, -0.25) is 9.11 Å². The molecule has 4 N–H and O–H groups in total. The van der Waals surface area contributed by atoms with Crippen molar-refractivity contribution < 1.29 is 27.0 Å². The lowest BCUT2D eigenvalue weighted by atomic mass is 10.1. The van der Waals surface area contributed by atoms with Crippen LogP contribution in [0.3, 0.4) is 0 Å². The second-order valence-electron chi connectivity index (χ2n) is 6.66. The van der Waals surface area contributed by atoms with Gasteiger partial charge >= 0.3 is 10.4 Å². The summed E-state index contributed by atoms with van der Waals surface area (Å²) in [5.74, 6) is 1.79. The first kappa shape index (κ1) is 27.0. The number of anilines is 1. The van der Waals surface area contributed by atoms with E-state index in [-0.39, 0.29) is 7.43 Å². The molecule has 3 rings (SSSR count). The van der Waals surface area contributed by atoms with E-state index < -0.39 is 10.4 Å². The molecule has 7 nitrogen and oxygen atoms in total. The smallest absolute Gasteiger partial charge is 0.394 e. The first-order chi connectivity index (χ1) is 14.8. The van der Waals surface area contributed by atoms with E-state index in [4.69, 9.17) is 32.7 Å². The number of ether oxygens (including phenoxy) is 2. The fourth-order valence-electron chi connectivity index (χ4n) is 2.70. The van der Waals surface area contributed by atoms with E-state index in [1.165, 1.54) is 11.1 Å². The number of nitrogen functional groups attached to an aromatic ring is 1. The average Bonchev–Trinajstić information content (AvgIpc) is 2.74. The molecule has 0 unspecified atom stereocenters. The zero-order chi connectivity index (χ0) is 22.5. The summed E-state index contributed by atoms with van der Waals surface area (Å²) >= 11 is 0. The predicted octanol–water partition coefficient (Wildman–Crippen LogP) is 5.55. The van der Waals surface area contributed by atoms with E-state index in [2.05, 4.69) is 36.4 Å². The van der Waals surface area contributed by atoms with Crippen molar-refractivity contribution in [2.45, 2.75) is 26.7 Å². The second kappa shape index (κ2) is 14.1. The molecule has 0 atom stereocenters. The highest BCUT2D eigenvalue weighted by atomic mass is 32.3. The first-order valence-electron chi connectivity index (χ1n) is 9.78.